The van der Waals surface area contributed by atoms with Gasteiger partial charge in [0.2, 0.25) is 10.0 Å². The van der Waals surface area contributed by atoms with Gasteiger partial charge in [0.25, 0.3) is 0 Å². The molecule has 1 saturated heterocycles. The Kier molecular flexibility index (Phi) is 4.70. The van der Waals surface area contributed by atoms with Gasteiger partial charge in [-0.2, -0.15) is 4.31 Å². The lowest BCUT2D eigenvalue weighted by molar-refractivity contribution is 0.246. The molecule has 0 spiro atoms. The van der Waals surface area contributed by atoms with Gasteiger partial charge >= 0.3 is 0 Å². The second-order valence-electron chi connectivity index (χ2n) is 4.26. The van der Waals surface area contributed by atoms with E-state index in [2.05, 4.69) is 0 Å². The van der Waals surface area contributed by atoms with Crippen molar-refractivity contribution in [3.05, 3.63) is 0 Å². The van der Waals surface area contributed by atoms with Crippen molar-refractivity contribution >= 4 is 27.2 Å². The first-order valence-electron chi connectivity index (χ1n) is 5.71. The summed E-state index contributed by atoms with van der Waals surface area (Å²) in [6.07, 6.45) is 3.83. The summed E-state index contributed by atoms with van der Waals surface area (Å²) in [6, 6.07) is 0.121. The average Bonchev–Trinajstić information content (AvgIpc) is 2.27. The van der Waals surface area contributed by atoms with Crippen LogP contribution in [-0.4, -0.2) is 35.5 Å². The largest absolute Gasteiger partial charge is 0.392 e. The van der Waals surface area contributed by atoms with E-state index in [1.807, 2.05) is 6.92 Å². The number of hydrogen-bond acceptors (Lipinski definition) is 3. The highest BCUT2D eigenvalue weighted by molar-refractivity contribution is 7.92. The van der Waals surface area contributed by atoms with Crippen LogP contribution in [0.15, 0.2) is 0 Å². The van der Waals surface area contributed by atoms with Crippen molar-refractivity contribution in [2.24, 2.45) is 5.73 Å². The number of nitrogens with two attached hydrogens (primary N) is 1. The Morgan fingerprint density at radius 1 is 1.56 bits per heavy atom. The molecule has 1 heterocycles. The smallest absolute Gasteiger partial charge is 0.223 e. The van der Waals surface area contributed by atoms with Gasteiger partial charge in [0, 0.05) is 12.6 Å². The standard InChI is InChI=1S/C10H20N2O2S2/c1-3-9-6-4-5-7-12(9)16(13,14)8(2)10(11)15/h8-9H,3-7H2,1-2H3,(H2,11,15). The fourth-order valence-electron chi connectivity index (χ4n) is 2.07. The predicted octanol–water partition coefficient (Wildman–Crippen LogP) is 1.26. The van der Waals surface area contributed by atoms with Crippen LogP contribution in [-0.2, 0) is 10.0 Å². The molecule has 0 aromatic rings. The van der Waals surface area contributed by atoms with E-state index in [9.17, 15) is 8.42 Å². The maximum atomic E-state index is 12.3. The molecule has 1 fully saturated rings. The highest BCUT2D eigenvalue weighted by Crippen LogP contribution is 2.24. The highest BCUT2D eigenvalue weighted by Gasteiger charge is 2.36. The molecule has 2 unspecified atom stereocenters. The van der Waals surface area contributed by atoms with Crippen LogP contribution in [0, 0.1) is 0 Å². The summed E-state index contributed by atoms with van der Waals surface area (Å²) in [7, 11) is -3.36. The van der Waals surface area contributed by atoms with Crippen LogP contribution in [0.2, 0.25) is 0 Å². The van der Waals surface area contributed by atoms with E-state index in [1.54, 1.807) is 11.2 Å². The fourth-order valence-corrected chi connectivity index (χ4v) is 4.19. The Bertz CT molecular complexity index is 354. The monoisotopic (exact) mass is 264 g/mol. The van der Waals surface area contributed by atoms with Crippen molar-refractivity contribution in [3.8, 4) is 0 Å². The van der Waals surface area contributed by atoms with Crippen LogP contribution in [0.5, 0.6) is 0 Å². The summed E-state index contributed by atoms with van der Waals surface area (Å²) >= 11 is 4.78. The molecule has 1 rings (SSSR count). The summed E-state index contributed by atoms with van der Waals surface area (Å²) in [5, 5.41) is -0.755. The van der Waals surface area contributed by atoms with Gasteiger partial charge in [-0.1, -0.05) is 25.6 Å². The molecule has 16 heavy (non-hydrogen) atoms. The van der Waals surface area contributed by atoms with E-state index in [0.29, 0.717) is 6.54 Å². The third-order valence-electron chi connectivity index (χ3n) is 3.22. The second kappa shape index (κ2) is 5.42. The maximum Gasteiger partial charge on any atom is 0.223 e. The molecule has 4 nitrogen and oxygen atoms in total. The van der Waals surface area contributed by atoms with Crippen LogP contribution < -0.4 is 5.73 Å². The Morgan fingerprint density at radius 2 is 2.19 bits per heavy atom. The molecular weight excluding hydrogens is 244 g/mol. The summed E-state index contributed by atoms with van der Waals surface area (Å²) in [4.78, 5) is 0.0560. The van der Waals surface area contributed by atoms with Gasteiger partial charge in [0.05, 0.1) is 4.99 Å². The van der Waals surface area contributed by atoms with Crippen LogP contribution in [0.25, 0.3) is 0 Å². The van der Waals surface area contributed by atoms with Crippen molar-refractivity contribution in [2.75, 3.05) is 6.54 Å². The Hall–Kier alpha value is -0.200. The minimum absolute atomic E-state index is 0.0560. The predicted molar refractivity (Wildman–Crippen MR) is 69.8 cm³/mol. The van der Waals surface area contributed by atoms with Crippen molar-refractivity contribution in [1.29, 1.82) is 0 Å². The molecule has 94 valence electrons. The third-order valence-corrected chi connectivity index (χ3v) is 6.00. The number of nitrogens with zero attached hydrogens (tertiary/aromatic N) is 1. The van der Waals surface area contributed by atoms with Crippen LogP contribution >= 0.6 is 12.2 Å². The van der Waals surface area contributed by atoms with Gasteiger partial charge in [-0.05, 0) is 26.2 Å². The average molecular weight is 264 g/mol. The van der Waals surface area contributed by atoms with Crippen molar-refractivity contribution in [3.63, 3.8) is 0 Å². The molecule has 0 aromatic heterocycles. The topological polar surface area (TPSA) is 63.4 Å². The van der Waals surface area contributed by atoms with Gasteiger partial charge < -0.3 is 5.73 Å². The molecule has 6 heteroatoms. The van der Waals surface area contributed by atoms with Gasteiger partial charge in [-0.25, -0.2) is 8.42 Å². The number of piperidine rings is 1. The Labute approximate surface area is 103 Å². The first-order chi connectivity index (χ1) is 7.41. The van der Waals surface area contributed by atoms with Crippen LogP contribution in [0.4, 0.5) is 0 Å². The van der Waals surface area contributed by atoms with Gasteiger partial charge in [-0.15, -0.1) is 0 Å². The van der Waals surface area contributed by atoms with E-state index in [-0.39, 0.29) is 11.0 Å². The molecule has 0 saturated carbocycles. The molecular formula is C10H20N2O2S2. The quantitative estimate of drug-likeness (QED) is 0.776. The summed E-state index contributed by atoms with van der Waals surface area (Å²) in [6.45, 7) is 4.19. The lowest BCUT2D eigenvalue weighted by Gasteiger charge is -2.35. The maximum absolute atomic E-state index is 12.3. The Balaban J connectivity index is 2.92. The van der Waals surface area contributed by atoms with Gasteiger partial charge in [0.1, 0.15) is 5.25 Å². The van der Waals surface area contributed by atoms with E-state index in [0.717, 1.165) is 25.7 Å². The Morgan fingerprint density at radius 3 is 2.69 bits per heavy atom. The van der Waals surface area contributed by atoms with Crippen molar-refractivity contribution in [1.82, 2.24) is 4.31 Å². The number of rotatable bonds is 4. The second-order valence-corrected chi connectivity index (χ2v) is 6.94. The molecule has 1 aliphatic rings. The van der Waals surface area contributed by atoms with Crippen molar-refractivity contribution in [2.45, 2.75) is 50.8 Å². The number of hydrogen-bond donors (Lipinski definition) is 1. The zero-order valence-electron chi connectivity index (χ0n) is 9.85. The molecule has 0 aromatic carbocycles. The highest BCUT2D eigenvalue weighted by atomic mass is 32.2. The summed E-state index contributed by atoms with van der Waals surface area (Å²) in [5.41, 5.74) is 5.44. The molecule has 2 N–H and O–H groups in total. The first-order valence-corrected chi connectivity index (χ1v) is 7.62. The zero-order valence-corrected chi connectivity index (χ0v) is 11.5. The molecule has 2 atom stereocenters. The number of sulfonamides is 1. The van der Waals surface area contributed by atoms with Gasteiger partial charge in [-0.3, -0.25) is 0 Å². The van der Waals surface area contributed by atoms with Gasteiger partial charge in [0.15, 0.2) is 0 Å². The van der Waals surface area contributed by atoms with Crippen LogP contribution in [0.1, 0.15) is 39.5 Å². The first kappa shape index (κ1) is 13.9. The van der Waals surface area contributed by atoms with E-state index in [1.165, 1.54) is 0 Å². The zero-order chi connectivity index (χ0) is 12.3. The van der Waals surface area contributed by atoms with E-state index >= 15 is 0 Å². The third kappa shape index (κ3) is 2.73. The lowest BCUT2D eigenvalue weighted by atomic mass is 10.0. The van der Waals surface area contributed by atoms with Crippen molar-refractivity contribution < 1.29 is 8.42 Å². The number of thiocarbonyl (C=S) groups is 1. The molecule has 0 amide bonds. The summed E-state index contributed by atoms with van der Waals surface area (Å²) in [5.74, 6) is 0. The summed E-state index contributed by atoms with van der Waals surface area (Å²) < 4.78 is 26.1. The lowest BCUT2D eigenvalue weighted by Crippen LogP contribution is -2.49. The SMILES string of the molecule is CCC1CCCCN1S(=O)(=O)C(C)C(N)=S. The van der Waals surface area contributed by atoms with Crippen LogP contribution in [0.3, 0.4) is 0 Å². The normalized spacial score (nSPS) is 25.2. The molecule has 0 aliphatic carbocycles. The van der Waals surface area contributed by atoms with E-state index in [4.69, 9.17) is 18.0 Å². The molecule has 1 aliphatic heterocycles. The minimum atomic E-state index is -3.36. The van der Waals surface area contributed by atoms with E-state index < -0.39 is 15.3 Å². The molecule has 0 radical (unpaired) electrons. The minimum Gasteiger partial charge on any atom is -0.392 e. The fraction of sp³-hybridized carbons (Fsp3) is 0.900. The molecule has 0 bridgehead atoms.